The lowest BCUT2D eigenvalue weighted by molar-refractivity contribution is -0.142. The van der Waals surface area contributed by atoms with Crippen LogP contribution in [-0.4, -0.2) is 87.9 Å². The van der Waals surface area contributed by atoms with Crippen LogP contribution in [0.15, 0.2) is 0 Å². The number of carboxylic acids is 2. The van der Waals surface area contributed by atoms with Crippen molar-refractivity contribution < 1.29 is 43.8 Å². The van der Waals surface area contributed by atoms with Crippen molar-refractivity contribution in [3.8, 4) is 0 Å². The molecule has 0 rings (SSSR count). The summed E-state index contributed by atoms with van der Waals surface area (Å²) in [5, 5.41) is 24.9. The topological polar surface area (TPSA) is 274 Å². The number of amides is 5. The van der Waals surface area contributed by atoms with Gasteiger partial charge in [-0.25, -0.2) is 4.79 Å². The van der Waals surface area contributed by atoms with Gasteiger partial charge >= 0.3 is 11.9 Å². The third-order valence-electron chi connectivity index (χ3n) is 4.58. The molecule has 0 aromatic heterocycles. The number of nitrogens with two attached hydrogens (primary N) is 3. The summed E-state index contributed by atoms with van der Waals surface area (Å²) in [4.78, 5) is 82.3. The smallest absolute Gasteiger partial charge is 0.326 e. The Hall–Kier alpha value is -3.40. The summed E-state index contributed by atoms with van der Waals surface area (Å²) < 4.78 is 0. The highest BCUT2D eigenvalue weighted by Crippen LogP contribution is 2.06. The van der Waals surface area contributed by atoms with Crippen LogP contribution in [0.1, 0.15) is 38.5 Å². The van der Waals surface area contributed by atoms with Crippen LogP contribution in [0, 0.1) is 0 Å². The second-order valence-electron chi connectivity index (χ2n) is 7.52. The number of primary amides is 2. The van der Waals surface area contributed by atoms with Gasteiger partial charge in [0, 0.05) is 12.8 Å². The summed E-state index contributed by atoms with van der Waals surface area (Å²) in [5.74, 6) is -6.69. The number of thioether (sulfide) groups is 1. The highest BCUT2D eigenvalue weighted by atomic mass is 32.2. The van der Waals surface area contributed by atoms with E-state index in [-0.39, 0.29) is 32.1 Å². The summed E-state index contributed by atoms with van der Waals surface area (Å²) in [7, 11) is 0. The number of carboxylic acid groups (broad SMARTS) is 2. The summed E-state index contributed by atoms with van der Waals surface area (Å²) in [6.45, 7) is 0. The number of carbonyl (C=O) groups excluding carboxylic acids is 5. The minimum Gasteiger partial charge on any atom is -0.481 e. The lowest BCUT2D eigenvalue weighted by atomic mass is 10.1. The molecule has 0 saturated heterocycles. The van der Waals surface area contributed by atoms with Crippen LogP contribution < -0.4 is 33.2 Å². The summed E-state index contributed by atoms with van der Waals surface area (Å²) in [5.41, 5.74) is 15.7. The van der Waals surface area contributed by atoms with Crippen LogP contribution in [-0.2, 0) is 33.6 Å². The molecule has 15 nitrogen and oxygen atoms in total. The predicted octanol–water partition coefficient (Wildman–Crippen LogP) is -3.39. The minimum atomic E-state index is -1.50. The Bertz CT molecular complexity index is 810. The average Bonchev–Trinajstić information content (AvgIpc) is 2.75. The first kappa shape index (κ1) is 31.6. The molecule has 198 valence electrons. The van der Waals surface area contributed by atoms with E-state index >= 15 is 0 Å². The highest BCUT2D eigenvalue weighted by molar-refractivity contribution is 7.98. The predicted molar refractivity (Wildman–Crippen MR) is 124 cm³/mol. The molecule has 0 aromatic carbocycles. The maximum atomic E-state index is 12.8. The first-order valence-electron chi connectivity index (χ1n) is 10.4. The Balaban J connectivity index is 5.61. The summed E-state index contributed by atoms with van der Waals surface area (Å²) in [6, 6.07) is -5.61. The first-order chi connectivity index (χ1) is 16.3. The lowest BCUT2D eigenvalue weighted by Crippen LogP contribution is -2.57. The van der Waals surface area contributed by atoms with Gasteiger partial charge in [0.1, 0.15) is 18.1 Å². The van der Waals surface area contributed by atoms with Crippen molar-refractivity contribution in [2.45, 2.75) is 62.7 Å². The quantitative estimate of drug-likeness (QED) is 0.0882. The van der Waals surface area contributed by atoms with E-state index in [1.165, 1.54) is 11.8 Å². The number of nitrogens with one attached hydrogen (secondary N) is 3. The van der Waals surface area contributed by atoms with E-state index in [1.54, 1.807) is 6.26 Å². The van der Waals surface area contributed by atoms with E-state index in [0.29, 0.717) is 5.75 Å². The minimum absolute atomic E-state index is 0.0947. The van der Waals surface area contributed by atoms with Crippen LogP contribution in [0.3, 0.4) is 0 Å². The third kappa shape index (κ3) is 13.8. The van der Waals surface area contributed by atoms with Gasteiger partial charge in [-0.2, -0.15) is 11.8 Å². The molecule has 16 heteroatoms. The molecule has 0 aliphatic heterocycles. The molecule has 0 aliphatic carbocycles. The van der Waals surface area contributed by atoms with Gasteiger partial charge in [0.15, 0.2) is 0 Å². The van der Waals surface area contributed by atoms with Crippen molar-refractivity contribution in [1.82, 2.24) is 16.0 Å². The number of aliphatic carboxylic acids is 2. The van der Waals surface area contributed by atoms with Crippen molar-refractivity contribution in [2.75, 3.05) is 12.0 Å². The molecule has 4 unspecified atom stereocenters. The zero-order valence-electron chi connectivity index (χ0n) is 19.2. The maximum Gasteiger partial charge on any atom is 0.326 e. The summed E-state index contributed by atoms with van der Waals surface area (Å²) >= 11 is 1.36. The fourth-order valence-corrected chi connectivity index (χ4v) is 3.18. The number of hydrogen-bond donors (Lipinski definition) is 8. The molecule has 4 atom stereocenters. The SMILES string of the molecule is CSCCC(NC(=O)C(CCC(N)=O)NC(=O)C(CCC(N)=O)NC(=O)C(N)CC(=O)O)C(=O)O. The molecule has 0 spiro atoms. The summed E-state index contributed by atoms with van der Waals surface area (Å²) in [6.07, 6.45) is -0.147. The van der Waals surface area contributed by atoms with Gasteiger partial charge in [0.2, 0.25) is 29.5 Å². The van der Waals surface area contributed by atoms with Gasteiger partial charge in [-0.1, -0.05) is 0 Å². The Labute approximate surface area is 205 Å². The Morgan fingerprint density at radius 1 is 0.743 bits per heavy atom. The Morgan fingerprint density at radius 3 is 1.54 bits per heavy atom. The molecule has 0 saturated carbocycles. The molecule has 35 heavy (non-hydrogen) atoms. The van der Waals surface area contributed by atoms with Crippen LogP contribution >= 0.6 is 11.8 Å². The molecule has 0 aliphatic rings. The molecular weight excluding hydrogens is 488 g/mol. The second-order valence-corrected chi connectivity index (χ2v) is 8.50. The number of hydrogen-bond acceptors (Lipinski definition) is 9. The third-order valence-corrected chi connectivity index (χ3v) is 5.23. The van der Waals surface area contributed by atoms with Gasteiger partial charge in [-0.05, 0) is 31.3 Å². The van der Waals surface area contributed by atoms with Crippen molar-refractivity contribution in [3.63, 3.8) is 0 Å². The Kier molecular flexibility index (Phi) is 14.7. The fraction of sp³-hybridized carbons (Fsp3) is 0.632. The van der Waals surface area contributed by atoms with Crippen LogP contribution in [0.5, 0.6) is 0 Å². The van der Waals surface area contributed by atoms with E-state index in [0.717, 1.165) is 0 Å². The molecule has 0 heterocycles. The fourth-order valence-electron chi connectivity index (χ4n) is 2.71. The molecule has 0 radical (unpaired) electrons. The second kappa shape index (κ2) is 16.3. The zero-order chi connectivity index (χ0) is 27.1. The molecule has 5 amide bonds. The molecule has 0 fully saturated rings. The maximum absolute atomic E-state index is 12.8. The van der Waals surface area contributed by atoms with Crippen molar-refractivity contribution in [1.29, 1.82) is 0 Å². The van der Waals surface area contributed by atoms with E-state index in [4.69, 9.17) is 22.3 Å². The van der Waals surface area contributed by atoms with Crippen molar-refractivity contribution >= 4 is 53.2 Å². The van der Waals surface area contributed by atoms with Gasteiger partial charge in [0.05, 0.1) is 12.5 Å². The van der Waals surface area contributed by atoms with Crippen LogP contribution in [0.4, 0.5) is 0 Å². The van der Waals surface area contributed by atoms with E-state index in [9.17, 15) is 38.7 Å². The molecule has 0 bridgehead atoms. The van der Waals surface area contributed by atoms with Crippen LogP contribution in [0.25, 0.3) is 0 Å². The monoisotopic (exact) mass is 520 g/mol. The molecule has 11 N–H and O–H groups in total. The Morgan fingerprint density at radius 2 is 1.17 bits per heavy atom. The zero-order valence-corrected chi connectivity index (χ0v) is 20.0. The van der Waals surface area contributed by atoms with Crippen LogP contribution in [0.2, 0.25) is 0 Å². The van der Waals surface area contributed by atoms with E-state index in [2.05, 4.69) is 16.0 Å². The van der Waals surface area contributed by atoms with Crippen molar-refractivity contribution in [3.05, 3.63) is 0 Å². The lowest BCUT2D eigenvalue weighted by Gasteiger charge is -2.25. The normalized spacial score (nSPS) is 14.0. The average molecular weight is 521 g/mol. The number of rotatable bonds is 18. The highest BCUT2D eigenvalue weighted by Gasteiger charge is 2.31. The van der Waals surface area contributed by atoms with Crippen molar-refractivity contribution in [2.24, 2.45) is 17.2 Å². The van der Waals surface area contributed by atoms with E-state index in [1.807, 2.05) is 0 Å². The van der Waals surface area contributed by atoms with Gasteiger partial charge in [0.25, 0.3) is 0 Å². The van der Waals surface area contributed by atoms with E-state index < -0.39 is 72.1 Å². The standard InChI is InChI=1S/C19H32N6O9S/c1-35-7-6-12(19(33)34)25-18(32)11(3-5-14(22)27)24-17(31)10(2-4-13(21)26)23-16(30)9(20)8-15(28)29/h9-12H,2-8,20H2,1H3,(H2,21,26)(H2,22,27)(H,23,30)(H,24,31)(H,25,32)(H,28,29)(H,33,34). The largest absolute Gasteiger partial charge is 0.481 e. The molecule has 0 aromatic rings. The molecular formula is C19H32N6O9S. The first-order valence-corrected chi connectivity index (χ1v) is 11.8. The van der Waals surface area contributed by atoms with Gasteiger partial charge < -0.3 is 43.4 Å². The van der Waals surface area contributed by atoms with Gasteiger partial charge in [-0.3, -0.25) is 28.8 Å². The number of carbonyl (C=O) groups is 7. The van der Waals surface area contributed by atoms with Gasteiger partial charge in [-0.15, -0.1) is 0 Å².